The van der Waals surface area contributed by atoms with E-state index < -0.39 is 21.7 Å². The zero-order valence-corrected chi connectivity index (χ0v) is 10.0. The number of carboxylic acid groups (broad SMARTS) is 1. The SMILES string of the molecule is N#CCS(=O)(=O)N1CCC(OCC(=O)O)CC1. The minimum atomic E-state index is -3.49. The van der Waals surface area contributed by atoms with Gasteiger partial charge in [-0.05, 0) is 12.8 Å². The second-order valence-electron chi connectivity index (χ2n) is 3.72. The fourth-order valence-corrected chi connectivity index (χ4v) is 2.75. The molecule has 1 N–H and O–H groups in total. The Bertz CT molecular complexity index is 406. The van der Waals surface area contributed by atoms with Crippen molar-refractivity contribution in [2.24, 2.45) is 0 Å². The third-order valence-electron chi connectivity index (χ3n) is 2.48. The fraction of sp³-hybridized carbons (Fsp3) is 0.778. The Hall–Kier alpha value is -1.17. The van der Waals surface area contributed by atoms with E-state index in [4.69, 9.17) is 15.1 Å². The molecule has 0 saturated carbocycles. The number of sulfonamides is 1. The second-order valence-corrected chi connectivity index (χ2v) is 5.69. The number of aliphatic carboxylic acids is 1. The summed E-state index contributed by atoms with van der Waals surface area (Å²) in [6.07, 6.45) is 0.690. The molecular formula is C9H14N2O5S. The number of hydrogen-bond donors (Lipinski definition) is 1. The van der Waals surface area contributed by atoms with Crippen molar-refractivity contribution in [2.45, 2.75) is 18.9 Å². The van der Waals surface area contributed by atoms with Crippen LogP contribution in [0.2, 0.25) is 0 Å². The van der Waals surface area contributed by atoms with Crippen LogP contribution in [0.15, 0.2) is 0 Å². The second kappa shape index (κ2) is 5.95. The van der Waals surface area contributed by atoms with Gasteiger partial charge >= 0.3 is 5.97 Å². The summed E-state index contributed by atoms with van der Waals surface area (Å²) >= 11 is 0. The number of piperidine rings is 1. The van der Waals surface area contributed by atoms with E-state index in [1.165, 1.54) is 4.31 Å². The highest BCUT2D eigenvalue weighted by Gasteiger charge is 2.28. The Morgan fingerprint density at radius 2 is 2.06 bits per heavy atom. The first-order chi connectivity index (χ1) is 7.95. The molecule has 0 atom stereocenters. The van der Waals surface area contributed by atoms with Gasteiger partial charge in [0.1, 0.15) is 6.61 Å². The number of ether oxygens (including phenoxy) is 1. The van der Waals surface area contributed by atoms with Gasteiger partial charge in [-0.1, -0.05) is 0 Å². The van der Waals surface area contributed by atoms with Gasteiger partial charge < -0.3 is 9.84 Å². The van der Waals surface area contributed by atoms with Crippen LogP contribution in [0.5, 0.6) is 0 Å². The van der Waals surface area contributed by atoms with Crippen LogP contribution in [-0.4, -0.2) is 55.4 Å². The van der Waals surface area contributed by atoms with Gasteiger partial charge in [0.2, 0.25) is 10.0 Å². The lowest BCUT2D eigenvalue weighted by Gasteiger charge is -2.30. The molecule has 7 nitrogen and oxygen atoms in total. The molecule has 17 heavy (non-hydrogen) atoms. The minimum Gasteiger partial charge on any atom is -0.480 e. The molecule has 0 aliphatic carbocycles. The summed E-state index contributed by atoms with van der Waals surface area (Å²) in [5, 5.41) is 16.8. The van der Waals surface area contributed by atoms with Gasteiger partial charge in [0, 0.05) is 13.1 Å². The Balaban J connectivity index is 2.41. The first kappa shape index (κ1) is 13.9. The lowest BCUT2D eigenvalue weighted by atomic mass is 10.1. The summed E-state index contributed by atoms with van der Waals surface area (Å²) in [7, 11) is -3.49. The molecule has 0 bridgehead atoms. The molecule has 96 valence electrons. The molecule has 0 radical (unpaired) electrons. The van der Waals surface area contributed by atoms with Gasteiger partial charge in [0.15, 0.2) is 5.75 Å². The van der Waals surface area contributed by atoms with E-state index >= 15 is 0 Å². The molecule has 0 aromatic carbocycles. The predicted octanol–water partition coefficient (Wildman–Crippen LogP) is -0.595. The fourth-order valence-electron chi connectivity index (χ4n) is 1.64. The Morgan fingerprint density at radius 3 is 2.53 bits per heavy atom. The van der Waals surface area contributed by atoms with E-state index in [2.05, 4.69) is 0 Å². The number of hydrogen-bond acceptors (Lipinski definition) is 5. The van der Waals surface area contributed by atoms with Crippen molar-refractivity contribution >= 4 is 16.0 Å². The summed E-state index contributed by atoms with van der Waals surface area (Å²) in [4.78, 5) is 10.3. The quantitative estimate of drug-likeness (QED) is 0.709. The van der Waals surface area contributed by atoms with Gasteiger partial charge in [-0.25, -0.2) is 17.5 Å². The largest absolute Gasteiger partial charge is 0.480 e. The highest BCUT2D eigenvalue weighted by Crippen LogP contribution is 2.16. The lowest BCUT2D eigenvalue weighted by Crippen LogP contribution is -2.42. The Morgan fingerprint density at radius 1 is 1.47 bits per heavy atom. The van der Waals surface area contributed by atoms with Crippen LogP contribution < -0.4 is 0 Å². The monoisotopic (exact) mass is 262 g/mol. The third-order valence-corrected chi connectivity index (χ3v) is 4.13. The third kappa shape index (κ3) is 4.30. The van der Waals surface area contributed by atoms with Crippen molar-refractivity contribution in [1.29, 1.82) is 5.26 Å². The lowest BCUT2D eigenvalue weighted by molar-refractivity contribution is -0.145. The van der Waals surface area contributed by atoms with Crippen LogP contribution in [0.1, 0.15) is 12.8 Å². The highest BCUT2D eigenvalue weighted by molar-refractivity contribution is 7.89. The summed E-state index contributed by atoms with van der Waals surface area (Å²) < 4.78 is 29.4. The molecule has 8 heteroatoms. The van der Waals surface area contributed by atoms with E-state index in [1.807, 2.05) is 0 Å². The van der Waals surface area contributed by atoms with Crippen LogP contribution >= 0.6 is 0 Å². The van der Waals surface area contributed by atoms with E-state index in [-0.39, 0.29) is 25.8 Å². The number of nitriles is 1. The first-order valence-corrected chi connectivity index (χ1v) is 6.75. The summed E-state index contributed by atoms with van der Waals surface area (Å²) in [5.41, 5.74) is 0. The molecule has 1 rings (SSSR count). The molecule has 0 amide bonds. The van der Waals surface area contributed by atoms with Crippen molar-refractivity contribution < 1.29 is 23.1 Å². The molecule has 0 spiro atoms. The van der Waals surface area contributed by atoms with Crippen LogP contribution in [0.3, 0.4) is 0 Å². The van der Waals surface area contributed by atoms with E-state index in [9.17, 15) is 13.2 Å². The Kier molecular flexibility index (Phi) is 4.86. The van der Waals surface area contributed by atoms with Gasteiger partial charge in [0.05, 0.1) is 12.2 Å². The molecule has 0 aromatic heterocycles. The maximum absolute atomic E-state index is 11.5. The van der Waals surface area contributed by atoms with Gasteiger partial charge in [0.25, 0.3) is 0 Å². The van der Waals surface area contributed by atoms with E-state index in [0.717, 1.165) is 0 Å². The molecule has 1 aliphatic rings. The summed E-state index contributed by atoms with van der Waals surface area (Å²) in [5.74, 6) is -1.56. The number of carbonyl (C=O) groups is 1. The standard InChI is InChI=1S/C9H14N2O5S/c10-3-6-17(14,15)11-4-1-8(2-5-11)16-7-9(12)13/h8H,1-2,4-7H2,(H,12,13). The summed E-state index contributed by atoms with van der Waals surface area (Å²) in [6.45, 7) is 0.179. The Labute approximate surface area is 99.6 Å². The molecule has 0 unspecified atom stereocenters. The molecule has 0 aromatic rings. The van der Waals surface area contributed by atoms with Crippen molar-refractivity contribution in [1.82, 2.24) is 4.31 Å². The molecular weight excluding hydrogens is 248 g/mol. The number of rotatable bonds is 5. The molecule has 1 fully saturated rings. The first-order valence-electron chi connectivity index (χ1n) is 5.14. The van der Waals surface area contributed by atoms with E-state index in [1.54, 1.807) is 6.07 Å². The minimum absolute atomic E-state index is 0.223. The van der Waals surface area contributed by atoms with Gasteiger partial charge in [-0.15, -0.1) is 0 Å². The molecule has 1 saturated heterocycles. The zero-order valence-electron chi connectivity index (χ0n) is 9.20. The van der Waals surface area contributed by atoms with Crippen molar-refractivity contribution in [3.63, 3.8) is 0 Å². The normalized spacial score (nSPS) is 18.8. The van der Waals surface area contributed by atoms with Crippen LogP contribution in [0, 0.1) is 11.3 Å². The van der Waals surface area contributed by atoms with Gasteiger partial charge in [-0.2, -0.15) is 5.26 Å². The van der Waals surface area contributed by atoms with Gasteiger partial charge in [-0.3, -0.25) is 0 Å². The molecule has 1 aliphatic heterocycles. The van der Waals surface area contributed by atoms with Crippen molar-refractivity contribution in [2.75, 3.05) is 25.4 Å². The van der Waals surface area contributed by atoms with E-state index in [0.29, 0.717) is 12.8 Å². The van der Waals surface area contributed by atoms with Crippen molar-refractivity contribution in [3.8, 4) is 6.07 Å². The topological polar surface area (TPSA) is 108 Å². The number of carboxylic acids is 1. The predicted molar refractivity (Wildman–Crippen MR) is 57.6 cm³/mol. The average Bonchev–Trinajstić information content (AvgIpc) is 2.27. The zero-order chi connectivity index (χ0) is 12.9. The summed E-state index contributed by atoms with van der Waals surface area (Å²) in [6, 6.07) is 1.62. The smallest absolute Gasteiger partial charge is 0.329 e. The van der Waals surface area contributed by atoms with Crippen molar-refractivity contribution in [3.05, 3.63) is 0 Å². The van der Waals surface area contributed by atoms with Crippen LogP contribution in [0.4, 0.5) is 0 Å². The van der Waals surface area contributed by atoms with Crippen LogP contribution in [0.25, 0.3) is 0 Å². The molecule has 1 heterocycles. The maximum atomic E-state index is 11.5. The highest BCUT2D eigenvalue weighted by atomic mass is 32.2. The van der Waals surface area contributed by atoms with Crippen LogP contribution in [-0.2, 0) is 19.6 Å². The number of nitrogens with zero attached hydrogens (tertiary/aromatic N) is 2. The average molecular weight is 262 g/mol. The maximum Gasteiger partial charge on any atom is 0.329 e.